The van der Waals surface area contributed by atoms with Crippen molar-refractivity contribution in [1.29, 1.82) is 5.41 Å². The van der Waals surface area contributed by atoms with E-state index >= 15 is 0 Å². The molecule has 116 valence electrons. The van der Waals surface area contributed by atoms with Crippen LogP contribution < -0.4 is 16.4 Å². The summed E-state index contributed by atoms with van der Waals surface area (Å²) in [6, 6.07) is 7.77. The first-order chi connectivity index (χ1) is 11.1. The Morgan fingerprint density at radius 3 is 2.87 bits per heavy atom. The van der Waals surface area contributed by atoms with Gasteiger partial charge >= 0.3 is 0 Å². The number of rotatable bonds is 4. The molecule has 0 atom stereocenters. The summed E-state index contributed by atoms with van der Waals surface area (Å²) in [7, 11) is 0. The van der Waals surface area contributed by atoms with Crippen LogP contribution in [0.15, 0.2) is 64.7 Å². The molecule has 0 fully saturated rings. The lowest BCUT2D eigenvalue weighted by molar-refractivity contribution is 0.966. The number of hydrogen-bond acceptors (Lipinski definition) is 6. The highest BCUT2D eigenvalue weighted by molar-refractivity contribution is 7.11. The molecule has 0 amide bonds. The second-order valence-electron chi connectivity index (χ2n) is 4.88. The number of hydrogen-bond donors (Lipinski definition) is 4. The van der Waals surface area contributed by atoms with Crippen molar-refractivity contribution in [1.82, 2.24) is 15.6 Å². The van der Waals surface area contributed by atoms with Crippen molar-refractivity contribution in [3.8, 4) is 0 Å². The van der Waals surface area contributed by atoms with Crippen LogP contribution in [0.3, 0.4) is 0 Å². The molecule has 2 aromatic rings. The maximum atomic E-state index is 7.81. The van der Waals surface area contributed by atoms with Gasteiger partial charge in [-0.3, -0.25) is 10.4 Å². The van der Waals surface area contributed by atoms with Gasteiger partial charge in [0.15, 0.2) is 0 Å². The van der Waals surface area contributed by atoms with Gasteiger partial charge in [-0.15, -0.1) is 11.3 Å². The van der Waals surface area contributed by atoms with Crippen molar-refractivity contribution < 1.29 is 0 Å². The minimum atomic E-state index is -0.107. The second-order valence-corrected chi connectivity index (χ2v) is 5.83. The van der Waals surface area contributed by atoms with Crippen LogP contribution in [-0.4, -0.2) is 16.5 Å². The van der Waals surface area contributed by atoms with E-state index < -0.39 is 0 Å². The third-order valence-corrected chi connectivity index (χ3v) is 4.16. The molecule has 0 saturated carbocycles. The number of aromatic nitrogens is 1. The molecule has 0 bridgehead atoms. The van der Waals surface area contributed by atoms with Crippen molar-refractivity contribution in [2.24, 2.45) is 10.7 Å². The Morgan fingerprint density at radius 2 is 2.22 bits per heavy atom. The average molecular weight is 324 g/mol. The van der Waals surface area contributed by atoms with Crippen LogP contribution in [0.1, 0.15) is 17.4 Å². The van der Waals surface area contributed by atoms with Gasteiger partial charge in [0.25, 0.3) is 0 Å². The van der Waals surface area contributed by atoms with E-state index in [9.17, 15) is 0 Å². The fraction of sp³-hybridized carbons (Fsp3) is 0.0625. The SMILES string of the molecule is CC(=NC(C(=N)N)=C1NC=C(c2cccs2)N1)c1cccnc1. The molecule has 0 aromatic carbocycles. The fourth-order valence-corrected chi connectivity index (χ4v) is 2.80. The first kappa shape index (κ1) is 15.0. The molecule has 5 N–H and O–H groups in total. The number of nitrogens with one attached hydrogen (secondary N) is 3. The number of thiophene rings is 1. The van der Waals surface area contributed by atoms with E-state index in [1.165, 1.54) is 0 Å². The van der Waals surface area contributed by atoms with E-state index in [1.54, 1.807) is 23.7 Å². The zero-order valence-corrected chi connectivity index (χ0v) is 13.3. The number of aliphatic imine (C=N–C) groups is 1. The lowest BCUT2D eigenvalue weighted by Crippen LogP contribution is -2.23. The van der Waals surface area contributed by atoms with Crippen LogP contribution >= 0.6 is 11.3 Å². The van der Waals surface area contributed by atoms with E-state index in [4.69, 9.17) is 11.1 Å². The summed E-state index contributed by atoms with van der Waals surface area (Å²) >= 11 is 1.63. The third kappa shape index (κ3) is 3.29. The number of pyridine rings is 1. The van der Waals surface area contributed by atoms with Crippen molar-refractivity contribution in [3.63, 3.8) is 0 Å². The summed E-state index contributed by atoms with van der Waals surface area (Å²) in [5.41, 5.74) is 8.64. The van der Waals surface area contributed by atoms with Gasteiger partial charge in [-0.05, 0) is 24.4 Å². The maximum Gasteiger partial charge on any atom is 0.145 e. The summed E-state index contributed by atoms with van der Waals surface area (Å²) in [4.78, 5) is 9.68. The summed E-state index contributed by atoms with van der Waals surface area (Å²) < 4.78 is 0. The molecule has 3 rings (SSSR count). The molecule has 0 aliphatic carbocycles. The average Bonchev–Trinajstić information content (AvgIpc) is 3.23. The topological polar surface area (TPSA) is 99.2 Å². The van der Waals surface area contributed by atoms with Crippen LogP contribution in [0.25, 0.3) is 5.70 Å². The van der Waals surface area contributed by atoms with Crippen molar-refractivity contribution in [3.05, 3.63) is 70.2 Å². The Bertz CT molecular complexity index is 802. The molecular formula is C16H16N6S. The molecule has 0 radical (unpaired) electrons. The summed E-state index contributed by atoms with van der Waals surface area (Å²) in [6.07, 6.45) is 5.28. The highest BCUT2D eigenvalue weighted by Gasteiger charge is 2.17. The minimum absolute atomic E-state index is 0.107. The number of amidine groups is 1. The van der Waals surface area contributed by atoms with E-state index in [0.29, 0.717) is 11.5 Å². The maximum absolute atomic E-state index is 7.81. The Balaban J connectivity index is 1.90. The summed E-state index contributed by atoms with van der Waals surface area (Å²) in [5.74, 6) is 0.494. The largest absolute Gasteiger partial charge is 0.382 e. The highest BCUT2D eigenvalue weighted by atomic mass is 32.1. The first-order valence-electron chi connectivity index (χ1n) is 6.97. The predicted molar refractivity (Wildman–Crippen MR) is 94.0 cm³/mol. The molecule has 6 nitrogen and oxygen atoms in total. The van der Waals surface area contributed by atoms with E-state index in [2.05, 4.69) is 20.6 Å². The molecular weight excluding hydrogens is 308 g/mol. The molecule has 7 heteroatoms. The summed E-state index contributed by atoms with van der Waals surface area (Å²) in [6.45, 7) is 1.86. The third-order valence-electron chi connectivity index (χ3n) is 3.26. The van der Waals surface area contributed by atoms with Crippen LogP contribution in [0, 0.1) is 5.41 Å². The van der Waals surface area contributed by atoms with Gasteiger partial charge in [-0.25, -0.2) is 4.99 Å². The van der Waals surface area contributed by atoms with Crippen LogP contribution in [0.5, 0.6) is 0 Å². The first-order valence-corrected chi connectivity index (χ1v) is 7.85. The molecule has 0 unspecified atom stereocenters. The van der Waals surface area contributed by atoms with Gasteiger partial charge in [0, 0.05) is 29.9 Å². The van der Waals surface area contributed by atoms with E-state index in [0.717, 1.165) is 21.8 Å². The number of nitrogens with two attached hydrogens (primary N) is 1. The van der Waals surface area contributed by atoms with Gasteiger partial charge in [-0.2, -0.15) is 0 Å². The smallest absolute Gasteiger partial charge is 0.145 e. The minimum Gasteiger partial charge on any atom is -0.382 e. The van der Waals surface area contributed by atoms with Crippen LogP contribution in [0.2, 0.25) is 0 Å². The van der Waals surface area contributed by atoms with Crippen molar-refractivity contribution in [2.45, 2.75) is 6.92 Å². The quantitative estimate of drug-likeness (QED) is 0.512. The molecule has 1 aliphatic heterocycles. The van der Waals surface area contributed by atoms with E-state index in [1.807, 2.05) is 42.8 Å². The molecule has 2 aromatic heterocycles. The zero-order chi connectivity index (χ0) is 16.2. The lowest BCUT2D eigenvalue weighted by Gasteiger charge is -2.09. The molecule has 3 heterocycles. The lowest BCUT2D eigenvalue weighted by atomic mass is 10.2. The molecule has 0 saturated heterocycles. The Morgan fingerprint density at radius 1 is 1.35 bits per heavy atom. The number of nitrogens with zero attached hydrogens (tertiary/aromatic N) is 2. The molecule has 23 heavy (non-hydrogen) atoms. The van der Waals surface area contributed by atoms with Gasteiger partial charge in [0.2, 0.25) is 0 Å². The Labute approximate surface area is 138 Å². The van der Waals surface area contributed by atoms with E-state index in [-0.39, 0.29) is 5.84 Å². The normalized spacial score (nSPS) is 16.4. The van der Waals surface area contributed by atoms with Gasteiger partial charge in [0.1, 0.15) is 17.4 Å². The van der Waals surface area contributed by atoms with Crippen molar-refractivity contribution >= 4 is 28.6 Å². The fourth-order valence-electron chi connectivity index (χ4n) is 2.10. The van der Waals surface area contributed by atoms with Gasteiger partial charge < -0.3 is 16.4 Å². The Hall–Kier alpha value is -2.93. The monoisotopic (exact) mass is 324 g/mol. The second kappa shape index (κ2) is 6.45. The summed E-state index contributed by atoms with van der Waals surface area (Å²) in [5, 5.41) is 16.2. The molecule has 1 aliphatic rings. The van der Waals surface area contributed by atoms with Gasteiger partial charge in [0.05, 0.1) is 10.6 Å². The molecule has 0 spiro atoms. The van der Waals surface area contributed by atoms with Crippen molar-refractivity contribution in [2.75, 3.05) is 0 Å². The Kier molecular flexibility index (Phi) is 4.20. The van der Waals surface area contributed by atoms with Crippen LogP contribution in [0.4, 0.5) is 0 Å². The predicted octanol–water partition coefficient (Wildman–Crippen LogP) is 2.25. The van der Waals surface area contributed by atoms with Crippen LogP contribution in [-0.2, 0) is 0 Å². The highest BCUT2D eigenvalue weighted by Crippen LogP contribution is 2.22. The zero-order valence-electron chi connectivity index (χ0n) is 12.5. The van der Waals surface area contributed by atoms with Gasteiger partial charge in [-0.1, -0.05) is 12.1 Å². The standard InChI is InChI=1S/C16H16N6S/c1-10(11-4-2-6-19-8-11)21-14(15(17)18)16-20-9-12(22-16)13-5-3-7-23-13/h2-9,20,22H,1H3,(H3,17,18).